The molecule has 1 aromatic rings. The molecule has 1 aliphatic heterocycles. The second kappa shape index (κ2) is 5.82. The van der Waals surface area contributed by atoms with Crippen molar-refractivity contribution in [2.75, 3.05) is 13.1 Å². The first-order valence-electron chi connectivity index (χ1n) is 6.30. The molecule has 0 saturated carbocycles. The van der Waals surface area contributed by atoms with Gasteiger partial charge in [-0.2, -0.15) is 0 Å². The lowest BCUT2D eigenvalue weighted by Gasteiger charge is -2.32. The van der Waals surface area contributed by atoms with E-state index in [0.29, 0.717) is 5.92 Å². The van der Waals surface area contributed by atoms with Crippen LogP contribution in [0.3, 0.4) is 0 Å². The second-order valence-corrected chi connectivity index (χ2v) is 4.67. The van der Waals surface area contributed by atoms with Gasteiger partial charge in [-0.25, -0.2) is 0 Å². The number of hydrogen-bond donors (Lipinski definition) is 1. The molecule has 1 unspecified atom stereocenters. The standard InChI is InChI=1S/C14H20N2O/c1-2-13-11-16(9-8-14(13)15-17)10-12-6-4-3-5-7-12/h3-7,13,17H,2,8-11H2,1H3/b15-14-. The van der Waals surface area contributed by atoms with E-state index in [0.717, 1.165) is 38.2 Å². The Hall–Kier alpha value is -1.35. The van der Waals surface area contributed by atoms with Crippen molar-refractivity contribution < 1.29 is 5.21 Å². The number of hydrogen-bond acceptors (Lipinski definition) is 3. The summed E-state index contributed by atoms with van der Waals surface area (Å²) >= 11 is 0. The molecule has 0 bridgehead atoms. The van der Waals surface area contributed by atoms with Crippen LogP contribution < -0.4 is 0 Å². The molecule has 17 heavy (non-hydrogen) atoms. The van der Waals surface area contributed by atoms with Gasteiger partial charge in [0.2, 0.25) is 0 Å². The van der Waals surface area contributed by atoms with E-state index in [1.54, 1.807) is 0 Å². The van der Waals surface area contributed by atoms with Gasteiger partial charge in [-0.15, -0.1) is 0 Å². The Kier molecular flexibility index (Phi) is 4.15. The normalized spacial score (nSPS) is 24.1. The number of rotatable bonds is 3. The van der Waals surface area contributed by atoms with Gasteiger partial charge in [0.1, 0.15) is 0 Å². The van der Waals surface area contributed by atoms with Crippen molar-refractivity contribution in [3.8, 4) is 0 Å². The lowest BCUT2D eigenvalue weighted by atomic mass is 9.93. The molecule has 1 atom stereocenters. The Morgan fingerprint density at radius 1 is 1.35 bits per heavy atom. The van der Waals surface area contributed by atoms with Crippen LogP contribution in [0.1, 0.15) is 25.3 Å². The summed E-state index contributed by atoms with van der Waals surface area (Å²) in [4.78, 5) is 2.44. The largest absolute Gasteiger partial charge is 0.411 e. The number of likely N-dealkylation sites (tertiary alicyclic amines) is 1. The molecule has 0 spiro atoms. The highest BCUT2D eigenvalue weighted by molar-refractivity contribution is 5.87. The Labute approximate surface area is 103 Å². The number of piperidine rings is 1. The van der Waals surface area contributed by atoms with Gasteiger partial charge in [-0.3, -0.25) is 4.90 Å². The van der Waals surface area contributed by atoms with Crippen molar-refractivity contribution in [2.24, 2.45) is 11.1 Å². The van der Waals surface area contributed by atoms with Crippen molar-refractivity contribution in [2.45, 2.75) is 26.3 Å². The molecule has 1 heterocycles. The average molecular weight is 232 g/mol. The van der Waals surface area contributed by atoms with Crippen molar-refractivity contribution in [3.05, 3.63) is 35.9 Å². The van der Waals surface area contributed by atoms with Crippen LogP contribution >= 0.6 is 0 Å². The van der Waals surface area contributed by atoms with Gasteiger partial charge < -0.3 is 5.21 Å². The molecule has 0 radical (unpaired) electrons. The maximum absolute atomic E-state index is 8.94. The molecule has 1 N–H and O–H groups in total. The maximum Gasteiger partial charge on any atom is 0.0627 e. The quantitative estimate of drug-likeness (QED) is 0.642. The molecule has 92 valence electrons. The zero-order valence-corrected chi connectivity index (χ0v) is 10.3. The molecular weight excluding hydrogens is 212 g/mol. The fourth-order valence-corrected chi connectivity index (χ4v) is 2.47. The van der Waals surface area contributed by atoms with Gasteiger partial charge in [0.05, 0.1) is 5.71 Å². The van der Waals surface area contributed by atoms with Crippen LogP contribution in [0.2, 0.25) is 0 Å². The van der Waals surface area contributed by atoms with Gasteiger partial charge in [0.25, 0.3) is 0 Å². The minimum Gasteiger partial charge on any atom is -0.411 e. The molecule has 3 nitrogen and oxygen atoms in total. The summed E-state index contributed by atoms with van der Waals surface area (Å²) in [6.07, 6.45) is 1.94. The molecule has 0 aliphatic carbocycles. The van der Waals surface area contributed by atoms with E-state index in [4.69, 9.17) is 5.21 Å². The van der Waals surface area contributed by atoms with E-state index in [2.05, 4.69) is 41.2 Å². The average Bonchev–Trinajstić information content (AvgIpc) is 2.40. The van der Waals surface area contributed by atoms with Crippen LogP contribution in [0.4, 0.5) is 0 Å². The van der Waals surface area contributed by atoms with Crippen molar-refractivity contribution >= 4 is 5.71 Å². The van der Waals surface area contributed by atoms with Crippen LogP contribution in [0.5, 0.6) is 0 Å². The third-order valence-corrected chi connectivity index (χ3v) is 3.50. The monoisotopic (exact) mass is 232 g/mol. The molecule has 1 aromatic carbocycles. The SMILES string of the molecule is CCC1CN(Cc2ccccc2)CC/C1=N/O. The van der Waals surface area contributed by atoms with E-state index in [1.807, 2.05) is 6.07 Å². The highest BCUT2D eigenvalue weighted by Gasteiger charge is 2.24. The van der Waals surface area contributed by atoms with Crippen LogP contribution in [-0.4, -0.2) is 28.9 Å². The molecule has 0 amide bonds. The van der Waals surface area contributed by atoms with Crippen LogP contribution in [-0.2, 0) is 6.54 Å². The minimum atomic E-state index is 0.414. The topological polar surface area (TPSA) is 35.8 Å². The van der Waals surface area contributed by atoms with Crippen LogP contribution in [0, 0.1) is 5.92 Å². The van der Waals surface area contributed by atoms with Gasteiger partial charge in [0, 0.05) is 32.0 Å². The van der Waals surface area contributed by atoms with Crippen LogP contribution in [0.15, 0.2) is 35.5 Å². The minimum absolute atomic E-state index is 0.414. The van der Waals surface area contributed by atoms with Crippen molar-refractivity contribution in [1.29, 1.82) is 0 Å². The number of nitrogens with zero attached hydrogens (tertiary/aromatic N) is 2. The molecule has 3 heteroatoms. The van der Waals surface area contributed by atoms with E-state index in [9.17, 15) is 0 Å². The van der Waals surface area contributed by atoms with Gasteiger partial charge in [-0.1, -0.05) is 42.4 Å². The summed E-state index contributed by atoms with van der Waals surface area (Å²) in [5, 5.41) is 12.4. The summed E-state index contributed by atoms with van der Waals surface area (Å²) in [5.41, 5.74) is 2.32. The van der Waals surface area contributed by atoms with E-state index < -0.39 is 0 Å². The zero-order chi connectivity index (χ0) is 12.1. The lowest BCUT2D eigenvalue weighted by Crippen LogP contribution is -2.40. The van der Waals surface area contributed by atoms with E-state index >= 15 is 0 Å². The lowest BCUT2D eigenvalue weighted by molar-refractivity contribution is 0.220. The first-order valence-corrected chi connectivity index (χ1v) is 6.30. The molecular formula is C14H20N2O. The smallest absolute Gasteiger partial charge is 0.0627 e. The molecule has 1 saturated heterocycles. The Bertz CT molecular complexity index is 375. The predicted molar refractivity (Wildman–Crippen MR) is 69.3 cm³/mol. The fraction of sp³-hybridized carbons (Fsp3) is 0.500. The second-order valence-electron chi connectivity index (χ2n) is 4.67. The number of oxime groups is 1. The first-order chi connectivity index (χ1) is 8.33. The molecule has 1 aliphatic rings. The zero-order valence-electron chi connectivity index (χ0n) is 10.3. The summed E-state index contributed by atoms with van der Waals surface area (Å²) in [6.45, 7) is 5.15. The van der Waals surface area contributed by atoms with Crippen LogP contribution in [0.25, 0.3) is 0 Å². The first kappa shape index (κ1) is 12.1. The highest BCUT2D eigenvalue weighted by atomic mass is 16.4. The summed E-state index contributed by atoms with van der Waals surface area (Å²) in [6, 6.07) is 10.5. The fourth-order valence-electron chi connectivity index (χ4n) is 2.47. The summed E-state index contributed by atoms with van der Waals surface area (Å²) in [7, 11) is 0. The third kappa shape index (κ3) is 3.07. The van der Waals surface area contributed by atoms with Gasteiger partial charge in [0.15, 0.2) is 0 Å². The Morgan fingerprint density at radius 3 is 2.76 bits per heavy atom. The van der Waals surface area contributed by atoms with E-state index in [1.165, 1.54) is 5.56 Å². The highest BCUT2D eigenvalue weighted by Crippen LogP contribution is 2.19. The van der Waals surface area contributed by atoms with E-state index in [-0.39, 0.29) is 0 Å². The Morgan fingerprint density at radius 2 is 2.12 bits per heavy atom. The molecule has 2 rings (SSSR count). The van der Waals surface area contributed by atoms with Gasteiger partial charge >= 0.3 is 0 Å². The summed E-state index contributed by atoms with van der Waals surface area (Å²) in [5.74, 6) is 0.414. The molecule has 1 fully saturated rings. The summed E-state index contributed by atoms with van der Waals surface area (Å²) < 4.78 is 0. The third-order valence-electron chi connectivity index (χ3n) is 3.50. The Balaban J connectivity index is 1.96. The predicted octanol–water partition coefficient (Wildman–Crippen LogP) is 2.75. The maximum atomic E-state index is 8.94. The molecule has 0 aromatic heterocycles. The number of benzene rings is 1. The van der Waals surface area contributed by atoms with Gasteiger partial charge in [-0.05, 0) is 12.0 Å². The van der Waals surface area contributed by atoms with Crippen molar-refractivity contribution in [1.82, 2.24) is 4.90 Å². The van der Waals surface area contributed by atoms with Crippen molar-refractivity contribution in [3.63, 3.8) is 0 Å².